The molecule has 0 aliphatic carbocycles. The summed E-state index contributed by atoms with van der Waals surface area (Å²) in [7, 11) is 0. The molecule has 2 unspecified atom stereocenters. The first-order valence-corrected chi connectivity index (χ1v) is 7.41. The molecule has 17 heavy (non-hydrogen) atoms. The van der Waals surface area contributed by atoms with Crippen LogP contribution in [-0.2, 0) is 0 Å². The maximum atomic E-state index is 3.57. The van der Waals surface area contributed by atoms with Gasteiger partial charge in [0, 0.05) is 18.1 Å². The molecule has 2 atom stereocenters. The van der Waals surface area contributed by atoms with Crippen LogP contribution in [0, 0.1) is 5.92 Å². The molecule has 1 saturated heterocycles. The van der Waals surface area contributed by atoms with Crippen molar-refractivity contribution in [3.05, 3.63) is 0 Å². The molecule has 0 aromatic rings. The van der Waals surface area contributed by atoms with Crippen LogP contribution in [0.1, 0.15) is 60.3 Å². The maximum Gasteiger partial charge on any atom is 0.00965 e. The second-order valence-electron chi connectivity index (χ2n) is 6.73. The van der Waals surface area contributed by atoms with Crippen molar-refractivity contribution >= 4 is 0 Å². The van der Waals surface area contributed by atoms with Crippen molar-refractivity contribution in [2.75, 3.05) is 19.6 Å². The topological polar surface area (TPSA) is 15.3 Å². The van der Waals surface area contributed by atoms with Crippen LogP contribution >= 0.6 is 0 Å². The van der Waals surface area contributed by atoms with Gasteiger partial charge in [0.1, 0.15) is 0 Å². The SMILES string of the molecule is CCC1CCN(C(C)CCCNC(C)(C)C)C1. The Labute approximate surface area is 108 Å². The number of hydrogen-bond donors (Lipinski definition) is 1. The van der Waals surface area contributed by atoms with Gasteiger partial charge in [-0.2, -0.15) is 0 Å². The molecular weight excluding hydrogens is 208 g/mol. The molecule has 1 rings (SSSR count). The zero-order chi connectivity index (χ0) is 12.9. The zero-order valence-corrected chi connectivity index (χ0v) is 12.6. The fourth-order valence-electron chi connectivity index (χ4n) is 2.64. The fourth-order valence-corrected chi connectivity index (χ4v) is 2.64. The van der Waals surface area contributed by atoms with Crippen LogP contribution in [0.4, 0.5) is 0 Å². The molecule has 1 aliphatic heterocycles. The number of nitrogens with one attached hydrogen (secondary N) is 1. The van der Waals surface area contributed by atoms with Crippen molar-refractivity contribution in [2.45, 2.75) is 71.9 Å². The maximum absolute atomic E-state index is 3.57. The van der Waals surface area contributed by atoms with Gasteiger partial charge in [-0.1, -0.05) is 13.3 Å². The number of nitrogens with zero attached hydrogens (tertiary/aromatic N) is 1. The van der Waals surface area contributed by atoms with Crippen molar-refractivity contribution in [1.29, 1.82) is 0 Å². The first-order valence-electron chi connectivity index (χ1n) is 7.41. The smallest absolute Gasteiger partial charge is 0.00965 e. The molecule has 1 N–H and O–H groups in total. The van der Waals surface area contributed by atoms with E-state index >= 15 is 0 Å². The Kier molecular flexibility index (Phi) is 5.94. The molecule has 0 aromatic heterocycles. The Hall–Kier alpha value is -0.0800. The van der Waals surface area contributed by atoms with Gasteiger partial charge in [-0.3, -0.25) is 0 Å². The Morgan fingerprint density at radius 3 is 2.59 bits per heavy atom. The minimum Gasteiger partial charge on any atom is -0.312 e. The summed E-state index contributed by atoms with van der Waals surface area (Å²) in [6.07, 6.45) is 5.40. The van der Waals surface area contributed by atoms with Crippen LogP contribution in [0.3, 0.4) is 0 Å². The van der Waals surface area contributed by atoms with E-state index in [1.54, 1.807) is 0 Å². The Morgan fingerprint density at radius 2 is 2.06 bits per heavy atom. The molecule has 0 radical (unpaired) electrons. The minimum absolute atomic E-state index is 0.268. The van der Waals surface area contributed by atoms with Gasteiger partial charge in [0.15, 0.2) is 0 Å². The molecule has 102 valence electrons. The minimum atomic E-state index is 0.268. The summed E-state index contributed by atoms with van der Waals surface area (Å²) in [4.78, 5) is 2.69. The third-order valence-corrected chi connectivity index (χ3v) is 3.97. The predicted molar refractivity (Wildman–Crippen MR) is 76.4 cm³/mol. The summed E-state index contributed by atoms with van der Waals surface area (Å²) >= 11 is 0. The molecule has 1 aliphatic rings. The van der Waals surface area contributed by atoms with E-state index in [-0.39, 0.29) is 5.54 Å². The van der Waals surface area contributed by atoms with Gasteiger partial charge in [-0.05, 0) is 66.0 Å². The van der Waals surface area contributed by atoms with Gasteiger partial charge in [-0.15, -0.1) is 0 Å². The third-order valence-electron chi connectivity index (χ3n) is 3.97. The number of likely N-dealkylation sites (tertiary alicyclic amines) is 1. The summed E-state index contributed by atoms with van der Waals surface area (Å²) in [6.45, 7) is 15.3. The molecule has 0 bridgehead atoms. The Bertz CT molecular complexity index is 207. The highest BCUT2D eigenvalue weighted by Gasteiger charge is 2.24. The molecule has 0 aromatic carbocycles. The van der Waals surface area contributed by atoms with E-state index in [1.165, 1.54) is 38.8 Å². The first kappa shape index (κ1) is 15.0. The van der Waals surface area contributed by atoms with Gasteiger partial charge in [0.25, 0.3) is 0 Å². The Morgan fingerprint density at radius 1 is 1.35 bits per heavy atom. The van der Waals surface area contributed by atoms with Gasteiger partial charge in [-0.25, -0.2) is 0 Å². The normalized spacial score (nSPS) is 24.2. The monoisotopic (exact) mass is 240 g/mol. The van der Waals surface area contributed by atoms with E-state index in [9.17, 15) is 0 Å². The van der Waals surface area contributed by atoms with Gasteiger partial charge in [0.05, 0.1) is 0 Å². The van der Waals surface area contributed by atoms with Crippen molar-refractivity contribution in [2.24, 2.45) is 5.92 Å². The van der Waals surface area contributed by atoms with E-state index in [0.717, 1.165) is 18.5 Å². The average molecular weight is 240 g/mol. The lowest BCUT2D eigenvalue weighted by Gasteiger charge is -2.25. The molecule has 0 spiro atoms. The third kappa shape index (κ3) is 5.87. The predicted octanol–water partition coefficient (Wildman–Crippen LogP) is 3.28. The second kappa shape index (κ2) is 6.75. The summed E-state index contributed by atoms with van der Waals surface area (Å²) in [5.41, 5.74) is 0.268. The van der Waals surface area contributed by atoms with Gasteiger partial charge < -0.3 is 10.2 Å². The lowest BCUT2D eigenvalue weighted by molar-refractivity contribution is 0.232. The van der Waals surface area contributed by atoms with Crippen LogP contribution < -0.4 is 5.32 Å². The molecule has 1 fully saturated rings. The van der Waals surface area contributed by atoms with Crippen LogP contribution in [0.2, 0.25) is 0 Å². The van der Waals surface area contributed by atoms with Gasteiger partial charge in [0.2, 0.25) is 0 Å². The molecular formula is C15H32N2. The van der Waals surface area contributed by atoms with E-state index < -0.39 is 0 Å². The van der Waals surface area contributed by atoms with Crippen LogP contribution in [0.25, 0.3) is 0 Å². The van der Waals surface area contributed by atoms with E-state index in [1.807, 2.05) is 0 Å². The number of hydrogen-bond acceptors (Lipinski definition) is 2. The standard InChI is InChI=1S/C15H32N2/c1-6-14-9-11-17(12-14)13(2)8-7-10-16-15(3,4)5/h13-14,16H,6-12H2,1-5H3. The van der Waals surface area contributed by atoms with Crippen LogP contribution in [0.5, 0.6) is 0 Å². The summed E-state index contributed by atoms with van der Waals surface area (Å²) in [5, 5.41) is 3.57. The zero-order valence-electron chi connectivity index (χ0n) is 12.6. The molecule has 1 heterocycles. The van der Waals surface area contributed by atoms with E-state index in [2.05, 4.69) is 44.8 Å². The van der Waals surface area contributed by atoms with Gasteiger partial charge >= 0.3 is 0 Å². The summed E-state index contributed by atoms with van der Waals surface area (Å²) < 4.78 is 0. The first-order chi connectivity index (χ1) is 7.92. The number of rotatable bonds is 6. The van der Waals surface area contributed by atoms with Crippen molar-refractivity contribution in [3.63, 3.8) is 0 Å². The summed E-state index contributed by atoms with van der Waals surface area (Å²) in [6, 6.07) is 0.772. The lowest BCUT2D eigenvalue weighted by Crippen LogP contribution is -2.37. The highest BCUT2D eigenvalue weighted by atomic mass is 15.2. The average Bonchev–Trinajstić information content (AvgIpc) is 2.71. The molecule has 2 nitrogen and oxygen atoms in total. The van der Waals surface area contributed by atoms with E-state index in [0.29, 0.717) is 0 Å². The lowest BCUT2D eigenvalue weighted by atomic mass is 10.1. The second-order valence-corrected chi connectivity index (χ2v) is 6.73. The fraction of sp³-hybridized carbons (Fsp3) is 1.00. The van der Waals surface area contributed by atoms with Crippen molar-refractivity contribution < 1.29 is 0 Å². The summed E-state index contributed by atoms with van der Waals surface area (Å²) in [5.74, 6) is 0.963. The molecule has 0 saturated carbocycles. The van der Waals surface area contributed by atoms with Crippen molar-refractivity contribution in [1.82, 2.24) is 10.2 Å². The van der Waals surface area contributed by atoms with Crippen LogP contribution in [-0.4, -0.2) is 36.1 Å². The molecule has 0 amide bonds. The van der Waals surface area contributed by atoms with E-state index in [4.69, 9.17) is 0 Å². The molecule has 2 heteroatoms. The van der Waals surface area contributed by atoms with Crippen LogP contribution in [0.15, 0.2) is 0 Å². The quantitative estimate of drug-likeness (QED) is 0.717. The highest BCUT2D eigenvalue weighted by molar-refractivity contribution is 4.79. The largest absolute Gasteiger partial charge is 0.312 e. The highest BCUT2D eigenvalue weighted by Crippen LogP contribution is 2.22. The van der Waals surface area contributed by atoms with Crippen molar-refractivity contribution in [3.8, 4) is 0 Å². The Balaban J connectivity index is 2.11.